The van der Waals surface area contributed by atoms with Gasteiger partial charge in [0.05, 0.1) is 24.4 Å². The van der Waals surface area contributed by atoms with Crippen molar-refractivity contribution in [1.82, 2.24) is 10.1 Å². The second-order valence-electron chi connectivity index (χ2n) is 6.71. The van der Waals surface area contributed by atoms with Gasteiger partial charge in [0, 0.05) is 30.5 Å². The Morgan fingerprint density at radius 1 is 1.29 bits per heavy atom. The first kappa shape index (κ1) is 17.7. The SMILES string of the molecule is COc1ccc(C)c(N2CC(c3noc(-c4cccc(C#N)c4)n3)CC2=O)c1. The standard InChI is InChI=1S/C21H18N4O3/c1-13-6-7-17(27-2)10-18(13)25-12-16(9-19(25)26)20-23-21(28-24-20)15-5-3-4-14(8-15)11-22/h3-8,10,16H,9,12H2,1-2H3. The smallest absolute Gasteiger partial charge is 0.257 e. The van der Waals surface area contributed by atoms with E-state index in [1.165, 1.54) is 0 Å². The van der Waals surface area contributed by atoms with Crippen molar-refractivity contribution in [1.29, 1.82) is 5.26 Å². The van der Waals surface area contributed by atoms with Crippen molar-refractivity contribution in [3.05, 3.63) is 59.4 Å². The van der Waals surface area contributed by atoms with E-state index < -0.39 is 0 Å². The number of hydrogen-bond acceptors (Lipinski definition) is 6. The summed E-state index contributed by atoms with van der Waals surface area (Å²) in [5.41, 5.74) is 3.03. The number of benzene rings is 2. The molecule has 4 rings (SSSR count). The van der Waals surface area contributed by atoms with Crippen LogP contribution in [0.5, 0.6) is 5.75 Å². The molecule has 2 aromatic carbocycles. The molecule has 7 nitrogen and oxygen atoms in total. The van der Waals surface area contributed by atoms with Crippen LogP contribution in [0, 0.1) is 18.3 Å². The lowest BCUT2D eigenvalue weighted by Gasteiger charge is -2.19. The molecule has 0 bridgehead atoms. The van der Waals surface area contributed by atoms with Crippen LogP contribution in [0.1, 0.15) is 29.3 Å². The number of carbonyl (C=O) groups excluding carboxylic acids is 1. The first-order valence-electron chi connectivity index (χ1n) is 8.88. The highest BCUT2D eigenvalue weighted by Crippen LogP contribution is 2.34. The number of aryl methyl sites for hydroxylation is 1. The second-order valence-corrected chi connectivity index (χ2v) is 6.71. The second kappa shape index (κ2) is 7.16. The summed E-state index contributed by atoms with van der Waals surface area (Å²) in [6.07, 6.45) is 0.313. The molecule has 0 aliphatic carbocycles. The van der Waals surface area contributed by atoms with Crippen LogP contribution in [-0.4, -0.2) is 29.7 Å². The highest BCUT2D eigenvalue weighted by atomic mass is 16.5. The zero-order chi connectivity index (χ0) is 19.7. The maximum absolute atomic E-state index is 12.6. The predicted octanol–water partition coefficient (Wildman–Crippen LogP) is 3.45. The molecule has 1 aliphatic heterocycles. The fourth-order valence-electron chi connectivity index (χ4n) is 3.36. The fraction of sp³-hybridized carbons (Fsp3) is 0.238. The summed E-state index contributed by atoms with van der Waals surface area (Å²) in [7, 11) is 1.60. The lowest BCUT2D eigenvalue weighted by atomic mass is 10.1. The van der Waals surface area contributed by atoms with Crippen molar-refractivity contribution in [2.24, 2.45) is 0 Å². The number of anilines is 1. The molecule has 1 aromatic heterocycles. The van der Waals surface area contributed by atoms with Gasteiger partial charge in [-0.05, 0) is 36.8 Å². The maximum Gasteiger partial charge on any atom is 0.257 e. The molecule has 1 aliphatic rings. The predicted molar refractivity (Wildman–Crippen MR) is 102 cm³/mol. The third-order valence-electron chi connectivity index (χ3n) is 4.88. The molecule has 1 unspecified atom stereocenters. The summed E-state index contributed by atoms with van der Waals surface area (Å²) in [6.45, 7) is 2.44. The summed E-state index contributed by atoms with van der Waals surface area (Å²) >= 11 is 0. The van der Waals surface area contributed by atoms with E-state index >= 15 is 0 Å². The Kier molecular flexibility index (Phi) is 4.53. The molecular formula is C21H18N4O3. The van der Waals surface area contributed by atoms with E-state index in [0.29, 0.717) is 41.6 Å². The van der Waals surface area contributed by atoms with Crippen molar-refractivity contribution < 1.29 is 14.1 Å². The van der Waals surface area contributed by atoms with Crippen LogP contribution in [-0.2, 0) is 4.79 Å². The molecule has 0 radical (unpaired) electrons. The lowest BCUT2D eigenvalue weighted by Crippen LogP contribution is -2.25. The molecule has 7 heteroatoms. The molecule has 140 valence electrons. The van der Waals surface area contributed by atoms with Gasteiger partial charge in [-0.1, -0.05) is 17.3 Å². The van der Waals surface area contributed by atoms with Crippen LogP contribution < -0.4 is 9.64 Å². The molecule has 1 atom stereocenters. The Labute approximate surface area is 162 Å². The van der Waals surface area contributed by atoms with E-state index in [1.54, 1.807) is 30.2 Å². The summed E-state index contributed by atoms with van der Waals surface area (Å²) in [5, 5.41) is 13.1. The Morgan fingerprint density at radius 3 is 2.93 bits per heavy atom. The number of rotatable bonds is 4. The number of aromatic nitrogens is 2. The third kappa shape index (κ3) is 3.21. The van der Waals surface area contributed by atoms with Gasteiger partial charge in [-0.2, -0.15) is 10.2 Å². The Morgan fingerprint density at radius 2 is 2.14 bits per heavy atom. The normalized spacial score (nSPS) is 16.2. The van der Waals surface area contributed by atoms with E-state index in [9.17, 15) is 4.79 Å². The molecule has 1 fully saturated rings. The average molecular weight is 374 g/mol. The largest absolute Gasteiger partial charge is 0.497 e. The van der Waals surface area contributed by atoms with Crippen molar-refractivity contribution in [2.75, 3.05) is 18.6 Å². The van der Waals surface area contributed by atoms with Crippen LogP contribution in [0.15, 0.2) is 47.0 Å². The number of nitrogens with zero attached hydrogens (tertiary/aromatic N) is 4. The number of ether oxygens (including phenoxy) is 1. The molecule has 3 aromatic rings. The van der Waals surface area contributed by atoms with Crippen LogP contribution in [0.3, 0.4) is 0 Å². The van der Waals surface area contributed by atoms with Gasteiger partial charge in [-0.25, -0.2) is 0 Å². The molecule has 1 saturated heterocycles. The van der Waals surface area contributed by atoms with E-state index in [4.69, 9.17) is 14.5 Å². The summed E-state index contributed by atoms with van der Waals surface area (Å²) in [5.74, 6) is 1.40. The topological polar surface area (TPSA) is 92.2 Å². The summed E-state index contributed by atoms with van der Waals surface area (Å²) in [4.78, 5) is 18.8. The van der Waals surface area contributed by atoms with Gasteiger partial charge in [0.2, 0.25) is 5.91 Å². The van der Waals surface area contributed by atoms with E-state index in [0.717, 1.165) is 11.3 Å². The third-order valence-corrected chi connectivity index (χ3v) is 4.88. The molecule has 0 saturated carbocycles. The van der Waals surface area contributed by atoms with Crippen molar-refractivity contribution in [2.45, 2.75) is 19.3 Å². The molecular weight excluding hydrogens is 356 g/mol. The molecule has 2 heterocycles. The van der Waals surface area contributed by atoms with Crippen molar-refractivity contribution in [3.8, 4) is 23.3 Å². The van der Waals surface area contributed by atoms with E-state index in [-0.39, 0.29) is 11.8 Å². The summed E-state index contributed by atoms with van der Waals surface area (Å²) in [6, 6.07) is 14.8. The number of carbonyl (C=O) groups is 1. The Hall–Kier alpha value is -3.66. The Balaban J connectivity index is 1.58. The molecule has 0 spiro atoms. The zero-order valence-electron chi connectivity index (χ0n) is 15.5. The van der Waals surface area contributed by atoms with Crippen LogP contribution >= 0.6 is 0 Å². The first-order valence-corrected chi connectivity index (χ1v) is 8.88. The molecule has 1 amide bonds. The lowest BCUT2D eigenvalue weighted by molar-refractivity contribution is -0.117. The molecule has 28 heavy (non-hydrogen) atoms. The number of amides is 1. The van der Waals surface area contributed by atoms with Crippen LogP contribution in [0.2, 0.25) is 0 Å². The minimum atomic E-state index is -0.158. The first-order chi connectivity index (χ1) is 13.6. The van der Waals surface area contributed by atoms with Crippen LogP contribution in [0.25, 0.3) is 11.5 Å². The quantitative estimate of drug-likeness (QED) is 0.694. The average Bonchev–Trinajstić information content (AvgIpc) is 3.35. The summed E-state index contributed by atoms with van der Waals surface area (Å²) < 4.78 is 10.7. The highest BCUT2D eigenvalue weighted by Gasteiger charge is 2.35. The van der Waals surface area contributed by atoms with E-state index in [1.807, 2.05) is 31.2 Å². The number of nitriles is 1. The van der Waals surface area contributed by atoms with Gasteiger partial charge in [-0.15, -0.1) is 0 Å². The minimum Gasteiger partial charge on any atom is -0.497 e. The van der Waals surface area contributed by atoms with Gasteiger partial charge in [0.25, 0.3) is 5.89 Å². The van der Waals surface area contributed by atoms with Gasteiger partial charge < -0.3 is 14.2 Å². The van der Waals surface area contributed by atoms with Crippen LogP contribution in [0.4, 0.5) is 5.69 Å². The van der Waals surface area contributed by atoms with Gasteiger partial charge >= 0.3 is 0 Å². The van der Waals surface area contributed by atoms with Crippen molar-refractivity contribution in [3.63, 3.8) is 0 Å². The minimum absolute atomic E-state index is 0.0131. The maximum atomic E-state index is 12.6. The fourth-order valence-corrected chi connectivity index (χ4v) is 3.36. The van der Waals surface area contributed by atoms with E-state index in [2.05, 4.69) is 16.2 Å². The highest BCUT2D eigenvalue weighted by molar-refractivity contribution is 5.97. The van der Waals surface area contributed by atoms with Gasteiger partial charge in [0.15, 0.2) is 5.82 Å². The Bertz CT molecular complexity index is 1080. The van der Waals surface area contributed by atoms with Gasteiger partial charge in [0.1, 0.15) is 5.75 Å². The zero-order valence-corrected chi connectivity index (χ0v) is 15.5. The number of methoxy groups -OCH3 is 1. The van der Waals surface area contributed by atoms with Gasteiger partial charge in [-0.3, -0.25) is 4.79 Å². The monoisotopic (exact) mass is 374 g/mol. The van der Waals surface area contributed by atoms with Crippen molar-refractivity contribution >= 4 is 11.6 Å². The number of hydrogen-bond donors (Lipinski definition) is 0. The molecule has 0 N–H and O–H groups in total.